The van der Waals surface area contributed by atoms with Crippen LogP contribution >= 0.6 is 11.5 Å². The molecule has 0 aromatic carbocycles. The second-order valence-corrected chi connectivity index (χ2v) is 4.10. The minimum atomic E-state index is -0.406. The summed E-state index contributed by atoms with van der Waals surface area (Å²) in [6.07, 6.45) is 1.62. The molecule has 5 nitrogen and oxygen atoms in total. The molecule has 16 heavy (non-hydrogen) atoms. The first-order chi connectivity index (χ1) is 7.72. The van der Waals surface area contributed by atoms with Crippen molar-refractivity contribution in [2.24, 2.45) is 0 Å². The average Bonchev–Trinajstić information content (AvgIpc) is 2.57. The number of aromatic nitrogens is 2. The van der Waals surface area contributed by atoms with Gasteiger partial charge in [-0.1, -0.05) is 0 Å². The summed E-state index contributed by atoms with van der Waals surface area (Å²) in [5.74, 6) is -0.406. The molecule has 0 radical (unpaired) electrons. The molecular weight excluding hydrogens is 228 g/mol. The lowest BCUT2D eigenvalue weighted by Gasteiger charge is -1.99. The van der Waals surface area contributed by atoms with Crippen molar-refractivity contribution in [1.82, 2.24) is 8.94 Å². The average molecular weight is 238 g/mol. The molecule has 2 aromatic heterocycles. The summed E-state index contributed by atoms with van der Waals surface area (Å²) in [5.41, 5.74) is -0.193. The highest BCUT2D eigenvalue weighted by atomic mass is 32.1. The third-order valence-corrected chi connectivity index (χ3v) is 3.02. The Bertz CT molecular complexity index is 573. The highest BCUT2D eigenvalue weighted by Crippen LogP contribution is 2.12. The number of fused-ring (bicyclic) bond motifs is 1. The highest BCUT2D eigenvalue weighted by Gasteiger charge is 2.11. The van der Waals surface area contributed by atoms with Gasteiger partial charge >= 0.3 is 5.97 Å². The zero-order valence-corrected chi connectivity index (χ0v) is 9.49. The van der Waals surface area contributed by atoms with Gasteiger partial charge in [0.25, 0.3) is 5.56 Å². The van der Waals surface area contributed by atoms with Crippen molar-refractivity contribution in [2.45, 2.75) is 13.5 Å². The molecule has 2 aromatic rings. The van der Waals surface area contributed by atoms with E-state index in [0.29, 0.717) is 16.8 Å². The molecule has 0 bridgehead atoms. The van der Waals surface area contributed by atoms with E-state index in [4.69, 9.17) is 4.74 Å². The third-order valence-electron chi connectivity index (χ3n) is 2.00. The first-order valence-electron chi connectivity index (χ1n) is 4.83. The molecule has 0 aliphatic carbocycles. The molecule has 0 amide bonds. The summed E-state index contributed by atoms with van der Waals surface area (Å²) in [6, 6.07) is 3.40. The fraction of sp³-hybridized carbons (Fsp3) is 0.300. The minimum Gasteiger partial charge on any atom is -0.465 e. The number of hydrogen-bond acceptors (Lipinski definition) is 5. The molecule has 2 heterocycles. The van der Waals surface area contributed by atoms with Crippen molar-refractivity contribution in [2.75, 3.05) is 6.61 Å². The Morgan fingerprint density at radius 3 is 3.12 bits per heavy atom. The Morgan fingerprint density at radius 2 is 2.44 bits per heavy atom. The van der Waals surface area contributed by atoms with Crippen LogP contribution in [0.15, 0.2) is 23.1 Å². The van der Waals surface area contributed by atoms with Gasteiger partial charge in [-0.05, 0) is 30.6 Å². The van der Waals surface area contributed by atoms with E-state index in [1.807, 2.05) is 0 Å². The van der Waals surface area contributed by atoms with Gasteiger partial charge < -0.3 is 4.74 Å². The zero-order valence-electron chi connectivity index (χ0n) is 8.67. The van der Waals surface area contributed by atoms with Crippen LogP contribution in [0.1, 0.15) is 6.92 Å². The van der Waals surface area contributed by atoms with Gasteiger partial charge in [0, 0.05) is 6.20 Å². The van der Waals surface area contributed by atoms with Crippen molar-refractivity contribution in [3.8, 4) is 0 Å². The van der Waals surface area contributed by atoms with Gasteiger partial charge in [-0.2, -0.15) is 0 Å². The normalized spacial score (nSPS) is 10.6. The van der Waals surface area contributed by atoms with E-state index in [-0.39, 0.29) is 12.1 Å². The number of carbonyl (C=O) groups is 1. The van der Waals surface area contributed by atoms with Crippen LogP contribution in [-0.4, -0.2) is 21.5 Å². The minimum absolute atomic E-state index is 0.0479. The quantitative estimate of drug-likeness (QED) is 0.749. The summed E-state index contributed by atoms with van der Waals surface area (Å²) in [6.45, 7) is 2.00. The standard InChI is InChI=1S/C10H10N2O3S/c1-2-15-8(13)6-12-10(14)7-4-3-5-11-9(7)16-12/h3-5H,2,6H2,1H3. The zero-order chi connectivity index (χ0) is 11.5. The topological polar surface area (TPSA) is 61.2 Å². The number of carbonyl (C=O) groups excluding carboxylic acids is 1. The maximum Gasteiger partial charge on any atom is 0.327 e. The molecule has 0 unspecified atom stereocenters. The van der Waals surface area contributed by atoms with Crippen molar-refractivity contribution < 1.29 is 9.53 Å². The fourth-order valence-corrected chi connectivity index (χ4v) is 2.26. The molecule has 0 spiro atoms. The van der Waals surface area contributed by atoms with Crippen molar-refractivity contribution in [3.05, 3.63) is 28.7 Å². The van der Waals surface area contributed by atoms with Gasteiger partial charge in [0.15, 0.2) is 0 Å². The molecule has 0 atom stereocenters. The van der Waals surface area contributed by atoms with Crippen LogP contribution in [-0.2, 0) is 16.1 Å². The van der Waals surface area contributed by atoms with E-state index >= 15 is 0 Å². The molecule has 0 aliphatic rings. The monoisotopic (exact) mass is 238 g/mol. The predicted octanol–water partition coefficient (Wildman–Crippen LogP) is 1.02. The Balaban J connectivity index is 2.35. The summed E-state index contributed by atoms with van der Waals surface area (Å²) in [5, 5.41) is 0.539. The molecule has 0 saturated heterocycles. The molecule has 6 heteroatoms. The second kappa shape index (κ2) is 4.44. The van der Waals surface area contributed by atoms with Crippen LogP contribution in [0.5, 0.6) is 0 Å². The Morgan fingerprint density at radius 1 is 1.62 bits per heavy atom. The number of pyridine rings is 1. The number of esters is 1. The molecular formula is C10H10N2O3S. The second-order valence-electron chi connectivity index (χ2n) is 3.09. The Labute approximate surface area is 95.4 Å². The maximum atomic E-state index is 11.8. The van der Waals surface area contributed by atoms with Crippen molar-refractivity contribution >= 4 is 27.7 Å². The van der Waals surface area contributed by atoms with E-state index < -0.39 is 5.97 Å². The third kappa shape index (κ3) is 1.96. The maximum absolute atomic E-state index is 11.8. The van der Waals surface area contributed by atoms with Crippen LogP contribution in [0.4, 0.5) is 0 Å². The summed E-state index contributed by atoms with van der Waals surface area (Å²) >= 11 is 1.17. The summed E-state index contributed by atoms with van der Waals surface area (Å²) in [7, 11) is 0. The molecule has 0 saturated carbocycles. The first kappa shape index (κ1) is 10.8. The van der Waals surface area contributed by atoms with Gasteiger partial charge in [-0.15, -0.1) is 0 Å². The van der Waals surface area contributed by atoms with Gasteiger partial charge in [-0.3, -0.25) is 13.5 Å². The first-order valence-corrected chi connectivity index (χ1v) is 5.60. The smallest absolute Gasteiger partial charge is 0.327 e. The molecule has 2 rings (SSSR count). The van der Waals surface area contributed by atoms with Crippen LogP contribution in [0.25, 0.3) is 10.2 Å². The molecule has 84 valence electrons. The summed E-state index contributed by atoms with van der Waals surface area (Å²) in [4.78, 5) is 27.7. The van der Waals surface area contributed by atoms with Gasteiger partial charge in [0.2, 0.25) is 0 Å². The van der Waals surface area contributed by atoms with E-state index in [0.717, 1.165) is 0 Å². The van der Waals surface area contributed by atoms with Crippen molar-refractivity contribution in [1.29, 1.82) is 0 Å². The molecule has 0 aliphatic heterocycles. The van der Waals surface area contributed by atoms with E-state index in [2.05, 4.69) is 4.98 Å². The van der Waals surface area contributed by atoms with Gasteiger partial charge in [-0.25, -0.2) is 4.98 Å². The lowest BCUT2D eigenvalue weighted by Crippen LogP contribution is -2.20. The van der Waals surface area contributed by atoms with Crippen LogP contribution in [0, 0.1) is 0 Å². The van der Waals surface area contributed by atoms with Crippen LogP contribution < -0.4 is 5.56 Å². The SMILES string of the molecule is CCOC(=O)Cn1sc2ncccc2c1=O. The summed E-state index contributed by atoms with van der Waals surface area (Å²) < 4.78 is 6.14. The fourth-order valence-electron chi connectivity index (χ4n) is 1.33. The lowest BCUT2D eigenvalue weighted by atomic mass is 10.4. The number of rotatable bonds is 3. The molecule has 0 fully saturated rings. The van der Waals surface area contributed by atoms with E-state index in [9.17, 15) is 9.59 Å². The predicted molar refractivity (Wildman–Crippen MR) is 60.5 cm³/mol. The van der Waals surface area contributed by atoms with Gasteiger partial charge in [0.1, 0.15) is 11.4 Å². The van der Waals surface area contributed by atoms with E-state index in [1.54, 1.807) is 25.3 Å². The van der Waals surface area contributed by atoms with Gasteiger partial charge in [0.05, 0.1) is 12.0 Å². The number of ether oxygens (including phenoxy) is 1. The van der Waals surface area contributed by atoms with Crippen LogP contribution in [0.3, 0.4) is 0 Å². The van der Waals surface area contributed by atoms with Crippen LogP contribution in [0.2, 0.25) is 0 Å². The Kier molecular flexibility index (Phi) is 3.00. The largest absolute Gasteiger partial charge is 0.465 e. The Hall–Kier alpha value is -1.69. The number of hydrogen-bond donors (Lipinski definition) is 0. The highest BCUT2D eigenvalue weighted by molar-refractivity contribution is 7.13. The van der Waals surface area contributed by atoms with Crippen molar-refractivity contribution in [3.63, 3.8) is 0 Å². The number of nitrogens with zero attached hydrogens (tertiary/aromatic N) is 2. The van der Waals surface area contributed by atoms with E-state index in [1.165, 1.54) is 15.5 Å². The molecule has 0 N–H and O–H groups in total. The lowest BCUT2D eigenvalue weighted by molar-refractivity contribution is -0.143.